The number of carbonyl (C=O) groups excluding carboxylic acids is 2. The summed E-state index contributed by atoms with van der Waals surface area (Å²) in [6.45, 7) is 2.33. The zero-order valence-corrected chi connectivity index (χ0v) is 20.3. The number of nitrogens with zero attached hydrogens (tertiary/aromatic N) is 2. The van der Waals surface area contributed by atoms with Crippen LogP contribution in [0.1, 0.15) is 42.5 Å². The molecule has 2 aliphatic rings. The number of carbonyl (C=O) groups is 2. The minimum atomic E-state index is -3.56. The van der Waals surface area contributed by atoms with Gasteiger partial charge in [0.2, 0.25) is 15.9 Å². The highest BCUT2D eigenvalue weighted by Gasteiger charge is 2.27. The van der Waals surface area contributed by atoms with Crippen molar-refractivity contribution in [3.8, 4) is 0 Å². The molecule has 8 nitrogen and oxygen atoms in total. The maximum Gasteiger partial charge on any atom is 0.255 e. The van der Waals surface area contributed by atoms with Crippen molar-refractivity contribution >= 4 is 33.2 Å². The van der Waals surface area contributed by atoms with Crippen molar-refractivity contribution in [1.29, 1.82) is 0 Å². The van der Waals surface area contributed by atoms with Gasteiger partial charge in [-0.3, -0.25) is 9.59 Å². The van der Waals surface area contributed by atoms with Crippen LogP contribution >= 0.6 is 0 Å². The van der Waals surface area contributed by atoms with Crippen LogP contribution in [0.2, 0.25) is 0 Å². The predicted molar refractivity (Wildman–Crippen MR) is 132 cm³/mol. The summed E-state index contributed by atoms with van der Waals surface area (Å²) in [6, 6.07) is 13.1. The van der Waals surface area contributed by atoms with Crippen molar-refractivity contribution in [1.82, 2.24) is 9.21 Å². The molecule has 0 spiro atoms. The number of benzene rings is 2. The molecule has 2 amide bonds. The standard InChI is InChI=1S/C25H32N4O4S/c1-28-14-16-29(17-15-28)34(32,33)23-12-10-21(11-13-23)26-25(31)20-8-5-9-22(18-20)27-24(30)19-6-3-2-4-7-19/h5,8-13,18-19H,2-4,6-7,14-17H2,1H3,(H,26,31)(H,27,30). The number of anilines is 2. The Bertz CT molecular complexity index is 1120. The maximum atomic E-state index is 12.9. The highest BCUT2D eigenvalue weighted by atomic mass is 32.2. The molecule has 2 aromatic rings. The molecule has 2 fully saturated rings. The number of hydrogen-bond acceptors (Lipinski definition) is 5. The zero-order chi connectivity index (χ0) is 24.1. The monoisotopic (exact) mass is 484 g/mol. The van der Waals surface area contributed by atoms with Gasteiger partial charge in [-0.25, -0.2) is 8.42 Å². The van der Waals surface area contributed by atoms with Crippen LogP contribution in [0, 0.1) is 5.92 Å². The van der Waals surface area contributed by atoms with Crippen molar-refractivity contribution < 1.29 is 18.0 Å². The van der Waals surface area contributed by atoms with Gasteiger partial charge in [0.15, 0.2) is 0 Å². The molecule has 0 atom stereocenters. The topological polar surface area (TPSA) is 98.8 Å². The Hall–Kier alpha value is -2.75. The number of hydrogen-bond donors (Lipinski definition) is 2. The Morgan fingerprint density at radius 1 is 0.853 bits per heavy atom. The van der Waals surface area contributed by atoms with E-state index in [9.17, 15) is 18.0 Å². The summed E-state index contributed by atoms with van der Waals surface area (Å²) in [7, 11) is -1.58. The molecule has 1 aliphatic carbocycles. The van der Waals surface area contributed by atoms with Gasteiger partial charge in [0, 0.05) is 49.0 Å². The van der Waals surface area contributed by atoms with Crippen LogP contribution in [-0.2, 0) is 14.8 Å². The third kappa shape index (κ3) is 5.84. The lowest BCUT2D eigenvalue weighted by molar-refractivity contribution is -0.120. The first kappa shape index (κ1) is 24.4. The van der Waals surface area contributed by atoms with E-state index >= 15 is 0 Å². The largest absolute Gasteiger partial charge is 0.326 e. The Labute approximate surface area is 201 Å². The fourth-order valence-corrected chi connectivity index (χ4v) is 5.86. The Morgan fingerprint density at radius 3 is 2.21 bits per heavy atom. The van der Waals surface area contributed by atoms with E-state index in [0.717, 1.165) is 25.7 Å². The molecule has 0 aromatic heterocycles. The van der Waals surface area contributed by atoms with E-state index in [1.807, 2.05) is 7.05 Å². The van der Waals surface area contributed by atoms with Gasteiger partial charge in [-0.2, -0.15) is 4.31 Å². The molecule has 0 radical (unpaired) electrons. The van der Waals surface area contributed by atoms with E-state index in [-0.39, 0.29) is 22.6 Å². The van der Waals surface area contributed by atoms with Crippen LogP contribution in [0.4, 0.5) is 11.4 Å². The Morgan fingerprint density at radius 2 is 1.53 bits per heavy atom. The molecule has 2 aromatic carbocycles. The molecule has 4 rings (SSSR count). The summed E-state index contributed by atoms with van der Waals surface area (Å²) >= 11 is 0. The number of nitrogens with one attached hydrogen (secondary N) is 2. The number of piperazine rings is 1. The van der Waals surface area contributed by atoms with Crippen LogP contribution in [0.5, 0.6) is 0 Å². The van der Waals surface area contributed by atoms with Gasteiger partial charge in [0.05, 0.1) is 4.90 Å². The van der Waals surface area contributed by atoms with Crippen LogP contribution in [0.3, 0.4) is 0 Å². The number of rotatable bonds is 6. The molecule has 2 N–H and O–H groups in total. The summed E-state index contributed by atoms with van der Waals surface area (Å²) in [5, 5.41) is 5.73. The van der Waals surface area contributed by atoms with Gasteiger partial charge in [-0.05, 0) is 62.4 Å². The normalized spacial score (nSPS) is 18.4. The summed E-state index contributed by atoms with van der Waals surface area (Å²) in [4.78, 5) is 27.6. The maximum absolute atomic E-state index is 12.9. The molecule has 182 valence electrons. The molecule has 1 saturated heterocycles. The third-order valence-corrected chi connectivity index (χ3v) is 8.49. The molecule has 1 aliphatic heterocycles. The molecular weight excluding hydrogens is 452 g/mol. The zero-order valence-electron chi connectivity index (χ0n) is 19.5. The molecule has 34 heavy (non-hydrogen) atoms. The second-order valence-electron chi connectivity index (χ2n) is 9.09. The fourth-order valence-electron chi connectivity index (χ4n) is 4.44. The minimum absolute atomic E-state index is 0.00871. The second-order valence-corrected chi connectivity index (χ2v) is 11.0. The van der Waals surface area contributed by atoms with Gasteiger partial charge < -0.3 is 15.5 Å². The molecule has 9 heteroatoms. The SMILES string of the molecule is CN1CCN(S(=O)(=O)c2ccc(NC(=O)c3cccc(NC(=O)C4CCCCC4)c3)cc2)CC1. The number of sulfonamides is 1. The van der Waals surface area contributed by atoms with Crippen molar-refractivity contribution in [2.45, 2.75) is 37.0 Å². The molecular formula is C25H32N4O4S. The van der Waals surface area contributed by atoms with Gasteiger partial charge in [0.25, 0.3) is 5.91 Å². The van der Waals surface area contributed by atoms with E-state index in [4.69, 9.17) is 0 Å². The number of amides is 2. The number of likely N-dealkylation sites (N-methyl/N-ethyl adjacent to an activating group) is 1. The van der Waals surface area contributed by atoms with E-state index in [1.54, 1.807) is 36.4 Å². The molecule has 0 bridgehead atoms. The van der Waals surface area contributed by atoms with E-state index in [2.05, 4.69) is 15.5 Å². The molecule has 1 heterocycles. The summed E-state index contributed by atoms with van der Waals surface area (Å²) in [5.41, 5.74) is 1.51. The average Bonchev–Trinajstić information content (AvgIpc) is 2.85. The lowest BCUT2D eigenvalue weighted by atomic mass is 9.88. The van der Waals surface area contributed by atoms with Crippen LogP contribution in [0.15, 0.2) is 53.4 Å². The summed E-state index contributed by atoms with van der Waals surface area (Å²) in [5.74, 6) is -0.287. The van der Waals surface area contributed by atoms with Crippen molar-refractivity contribution in [2.24, 2.45) is 5.92 Å². The quantitative estimate of drug-likeness (QED) is 0.655. The summed E-state index contributed by atoms with van der Waals surface area (Å²) in [6.07, 6.45) is 5.16. The van der Waals surface area contributed by atoms with E-state index in [1.165, 1.54) is 22.9 Å². The van der Waals surface area contributed by atoms with Gasteiger partial charge in [0.1, 0.15) is 0 Å². The Kier molecular flexibility index (Phi) is 7.65. The van der Waals surface area contributed by atoms with E-state index in [0.29, 0.717) is 43.1 Å². The first-order valence-corrected chi connectivity index (χ1v) is 13.3. The summed E-state index contributed by atoms with van der Waals surface area (Å²) < 4.78 is 27.2. The smallest absolute Gasteiger partial charge is 0.255 e. The van der Waals surface area contributed by atoms with Gasteiger partial charge >= 0.3 is 0 Å². The lowest BCUT2D eigenvalue weighted by Crippen LogP contribution is -2.46. The Balaban J connectivity index is 1.38. The minimum Gasteiger partial charge on any atom is -0.326 e. The van der Waals surface area contributed by atoms with Crippen molar-refractivity contribution in [3.63, 3.8) is 0 Å². The van der Waals surface area contributed by atoms with Crippen molar-refractivity contribution in [2.75, 3.05) is 43.9 Å². The van der Waals surface area contributed by atoms with E-state index < -0.39 is 10.0 Å². The van der Waals surface area contributed by atoms with Crippen LogP contribution in [-0.4, -0.2) is 62.7 Å². The van der Waals surface area contributed by atoms with Gasteiger partial charge in [-0.15, -0.1) is 0 Å². The van der Waals surface area contributed by atoms with Gasteiger partial charge in [-0.1, -0.05) is 25.3 Å². The average molecular weight is 485 g/mol. The third-order valence-electron chi connectivity index (χ3n) is 6.58. The first-order chi connectivity index (χ1) is 16.3. The predicted octanol–water partition coefficient (Wildman–Crippen LogP) is 3.39. The molecule has 0 unspecified atom stereocenters. The fraction of sp³-hybridized carbons (Fsp3) is 0.440. The second kappa shape index (κ2) is 10.7. The molecule has 1 saturated carbocycles. The van der Waals surface area contributed by atoms with Crippen molar-refractivity contribution in [3.05, 3.63) is 54.1 Å². The lowest BCUT2D eigenvalue weighted by Gasteiger charge is -2.31. The highest BCUT2D eigenvalue weighted by Crippen LogP contribution is 2.25. The van der Waals surface area contributed by atoms with Crippen LogP contribution in [0.25, 0.3) is 0 Å². The highest BCUT2D eigenvalue weighted by molar-refractivity contribution is 7.89. The first-order valence-electron chi connectivity index (χ1n) is 11.8. The van der Waals surface area contributed by atoms with Crippen LogP contribution < -0.4 is 10.6 Å².